The van der Waals surface area contributed by atoms with Crippen molar-refractivity contribution in [3.63, 3.8) is 0 Å². The molecule has 0 spiro atoms. The highest BCUT2D eigenvalue weighted by Gasteiger charge is 2.26. The van der Waals surface area contributed by atoms with E-state index in [4.69, 9.17) is 0 Å². The minimum absolute atomic E-state index is 0.258. The Balaban J connectivity index is 2.83. The van der Waals surface area contributed by atoms with E-state index in [0.717, 1.165) is 6.42 Å². The Kier molecular flexibility index (Phi) is 3.05. The van der Waals surface area contributed by atoms with Gasteiger partial charge in [0, 0.05) is 5.16 Å². The van der Waals surface area contributed by atoms with Gasteiger partial charge >= 0.3 is 0 Å². The van der Waals surface area contributed by atoms with Crippen LogP contribution in [0, 0.1) is 0 Å². The second kappa shape index (κ2) is 3.87. The summed E-state index contributed by atoms with van der Waals surface area (Å²) >= 11 is 0. The van der Waals surface area contributed by atoms with Crippen molar-refractivity contribution in [1.82, 2.24) is 0 Å². The molecule has 0 nitrogen and oxygen atoms in total. The molecule has 0 fully saturated rings. The van der Waals surface area contributed by atoms with Crippen molar-refractivity contribution in [2.75, 3.05) is 0 Å². The standard InChI is InChI=1S/C11H15P/c1-4-12(5-2)11(3)9-7-6-8-10-11/h4-9H,1-2,10H2,3H3. The van der Waals surface area contributed by atoms with Gasteiger partial charge in [-0.1, -0.05) is 63.9 Å². The molecule has 0 bridgehead atoms. The zero-order valence-corrected chi connectivity index (χ0v) is 8.43. The van der Waals surface area contributed by atoms with Crippen molar-refractivity contribution in [2.24, 2.45) is 0 Å². The zero-order chi connectivity index (χ0) is 9.03. The highest BCUT2D eigenvalue weighted by Crippen LogP contribution is 2.55. The van der Waals surface area contributed by atoms with E-state index < -0.39 is 0 Å². The maximum atomic E-state index is 3.85. The molecule has 0 saturated heterocycles. The van der Waals surface area contributed by atoms with E-state index in [1.165, 1.54) is 0 Å². The highest BCUT2D eigenvalue weighted by molar-refractivity contribution is 7.65. The minimum atomic E-state index is -0.267. The Morgan fingerprint density at radius 1 is 1.33 bits per heavy atom. The summed E-state index contributed by atoms with van der Waals surface area (Å²) in [6.45, 7) is 9.97. The zero-order valence-electron chi connectivity index (χ0n) is 7.53. The summed E-state index contributed by atoms with van der Waals surface area (Å²) in [7, 11) is -0.267. The van der Waals surface area contributed by atoms with Crippen molar-refractivity contribution in [1.29, 1.82) is 0 Å². The maximum absolute atomic E-state index is 3.85. The fourth-order valence-corrected chi connectivity index (χ4v) is 2.96. The van der Waals surface area contributed by atoms with Gasteiger partial charge in [-0.25, -0.2) is 0 Å². The Morgan fingerprint density at radius 2 is 2.00 bits per heavy atom. The summed E-state index contributed by atoms with van der Waals surface area (Å²) in [4.78, 5) is 0. The second-order valence-corrected chi connectivity index (χ2v) is 5.69. The van der Waals surface area contributed by atoms with Crippen LogP contribution in [0.2, 0.25) is 0 Å². The molecule has 1 aliphatic carbocycles. The molecule has 12 heavy (non-hydrogen) atoms. The van der Waals surface area contributed by atoms with Gasteiger partial charge in [-0.3, -0.25) is 0 Å². The number of rotatable bonds is 3. The third-order valence-electron chi connectivity index (χ3n) is 2.22. The first-order valence-corrected chi connectivity index (χ1v) is 5.59. The molecule has 0 aliphatic heterocycles. The van der Waals surface area contributed by atoms with Crippen molar-refractivity contribution >= 4 is 7.92 Å². The number of allylic oxidation sites excluding steroid dienone is 4. The molecule has 0 aromatic carbocycles. The molecular weight excluding hydrogens is 163 g/mol. The number of hydrogen-bond donors (Lipinski definition) is 0. The summed E-state index contributed by atoms with van der Waals surface area (Å²) in [5.41, 5.74) is 0. The Morgan fingerprint density at radius 3 is 2.42 bits per heavy atom. The smallest absolute Gasteiger partial charge is 0.0162 e. The summed E-state index contributed by atoms with van der Waals surface area (Å²) in [5.74, 6) is 4.07. The van der Waals surface area contributed by atoms with E-state index in [-0.39, 0.29) is 13.1 Å². The molecule has 1 rings (SSSR count). The average Bonchev–Trinajstić information content (AvgIpc) is 2.07. The molecule has 64 valence electrons. The molecule has 0 amide bonds. The molecule has 0 radical (unpaired) electrons. The van der Waals surface area contributed by atoms with Crippen LogP contribution in [0.4, 0.5) is 0 Å². The van der Waals surface area contributed by atoms with Crippen LogP contribution < -0.4 is 0 Å². The Labute approximate surface area is 76.1 Å². The predicted octanol–water partition coefficient (Wildman–Crippen LogP) is 4.03. The van der Waals surface area contributed by atoms with E-state index >= 15 is 0 Å². The fraction of sp³-hybridized carbons (Fsp3) is 0.273. The molecule has 1 unspecified atom stereocenters. The summed E-state index contributed by atoms with van der Waals surface area (Å²) in [6, 6.07) is 0. The van der Waals surface area contributed by atoms with Gasteiger partial charge in [-0.2, -0.15) is 0 Å². The van der Waals surface area contributed by atoms with Gasteiger partial charge in [0.2, 0.25) is 0 Å². The molecule has 1 heteroatoms. The maximum Gasteiger partial charge on any atom is 0.0162 e. The Bertz CT molecular complexity index is 229. The van der Waals surface area contributed by atoms with Crippen LogP contribution >= 0.6 is 7.92 Å². The van der Waals surface area contributed by atoms with Gasteiger partial charge in [0.15, 0.2) is 0 Å². The lowest BCUT2D eigenvalue weighted by Crippen LogP contribution is -2.17. The topological polar surface area (TPSA) is 0 Å². The van der Waals surface area contributed by atoms with Crippen molar-refractivity contribution in [3.8, 4) is 0 Å². The van der Waals surface area contributed by atoms with Crippen LogP contribution in [0.3, 0.4) is 0 Å². The summed E-state index contributed by atoms with van der Waals surface area (Å²) in [5, 5.41) is 0.258. The van der Waals surface area contributed by atoms with Crippen molar-refractivity contribution in [2.45, 2.75) is 18.5 Å². The van der Waals surface area contributed by atoms with E-state index in [1.54, 1.807) is 0 Å². The quantitative estimate of drug-likeness (QED) is 0.572. The van der Waals surface area contributed by atoms with Crippen LogP contribution in [-0.4, -0.2) is 5.16 Å². The fourth-order valence-electron chi connectivity index (χ4n) is 1.40. The van der Waals surface area contributed by atoms with Gasteiger partial charge in [0.05, 0.1) is 0 Å². The largest absolute Gasteiger partial charge is 0.0983 e. The van der Waals surface area contributed by atoms with E-state index in [9.17, 15) is 0 Å². The first-order chi connectivity index (χ1) is 5.73. The first kappa shape index (κ1) is 9.48. The van der Waals surface area contributed by atoms with Crippen LogP contribution in [0.25, 0.3) is 0 Å². The minimum Gasteiger partial charge on any atom is -0.0983 e. The number of hydrogen-bond acceptors (Lipinski definition) is 0. The van der Waals surface area contributed by atoms with Crippen LogP contribution in [0.1, 0.15) is 13.3 Å². The summed E-state index contributed by atoms with van der Waals surface area (Å²) in [6.07, 6.45) is 9.80. The van der Waals surface area contributed by atoms with Crippen LogP contribution in [0.5, 0.6) is 0 Å². The lowest BCUT2D eigenvalue weighted by Gasteiger charge is -2.31. The van der Waals surface area contributed by atoms with Gasteiger partial charge in [-0.05, 0) is 6.42 Å². The average molecular weight is 178 g/mol. The third-order valence-corrected chi connectivity index (χ3v) is 4.51. The highest BCUT2D eigenvalue weighted by atomic mass is 31.1. The lowest BCUT2D eigenvalue weighted by atomic mass is 10.0. The lowest BCUT2D eigenvalue weighted by molar-refractivity contribution is 0.787. The molecule has 0 heterocycles. The van der Waals surface area contributed by atoms with Crippen LogP contribution in [0.15, 0.2) is 49.1 Å². The molecule has 1 aliphatic rings. The SMILES string of the molecule is C=CP(C=C)C1(C)C=CC=CC1. The first-order valence-electron chi connectivity index (χ1n) is 4.11. The molecule has 1 atom stereocenters. The van der Waals surface area contributed by atoms with E-state index in [0.29, 0.717) is 0 Å². The van der Waals surface area contributed by atoms with Crippen LogP contribution in [-0.2, 0) is 0 Å². The Hall–Kier alpha value is -0.610. The molecule has 0 aromatic heterocycles. The molecular formula is C11H15P. The summed E-state index contributed by atoms with van der Waals surface area (Å²) < 4.78 is 0. The third kappa shape index (κ3) is 1.76. The van der Waals surface area contributed by atoms with Gasteiger partial charge in [0.1, 0.15) is 0 Å². The molecule has 0 saturated carbocycles. The van der Waals surface area contributed by atoms with E-state index in [2.05, 4.69) is 44.4 Å². The molecule has 0 aromatic rings. The van der Waals surface area contributed by atoms with Crippen molar-refractivity contribution in [3.05, 3.63) is 49.1 Å². The van der Waals surface area contributed by atoms with Gasteiger partial charge in [0.25, 0.3) is 0 Å². The normalized spacial score (nSPS) is 27.5. The predicted molar refractivity (Wildman–Crippen MR) is 58.6 cm³/mol. The monoisotopic (exact) mass is 178 g/mol. The van der Waals surface area contributed by atoms with Gasteiger partial charge < -0.3 is 0 Å². The molecule has 0 N–H and O–H groups in total. The second-order valence-electron chi connectivity index (χ2n) is 3.12. The van der Waals surface area contributed by atoms with Gasteiger partial charge in [-0.15, -0.1) is 0 Å². The van der Waals surface area contributed by atoms with E-state index in [1.807, 2.05) is 11.6 Å². The van der Waals surface area contributed by atoms with Crippen molar-refractivity contribution < 1.29 is 0 Å².